The molecule has 158 valence electrons. The Hall–Kier alpha value is -1.55. The van der Waals surface area contributed by atoms with E-state index in [0.29, 0.717) is 25.7 Å². The van der Waals surface area contributed by atoms with E-state index in [1.807, 2.05) is 24.3 Å². The number of anilines is 1. The fourth-order valence-corrected chi connectivity index (χ4v) is 2.69. The van der Waals surface area contributed by atoms with Gasteiger partial charge in [-0.3, -0.25) is 9.79 Å². The molecule has 0 radical (unpaired) electrons. The van der Waals surface area contributed by atoms with Crippen molar-refractivity contribution in [2.45, 2.75) is 32.1 Å². The molecule has 1 fully saturated rings. The number of benzene rings is 1. The van der Waals surface area contributed by atoms with Gasteiger partial charge in [-0.25, -0.2) is 0 Å². The molecular weight excluding hydrogens is 471 g/mol. The SMILES string of the molecule is CN=C(NCCCNC(=O)C1CCC1)Nc1cccc(OCCCOC)c1.I. The lowest BCUT2D eigenvalue weighted by Gasteiger charge is -2.24. The van der Waals surface area contributed by atoms with Crippen molar-refractivity contribution in [3.8, 4) is 5.75 Å². The Morgan fingerprint density at radius 3 is 2.64 bits per heavy atom. The van der Waals surface area contributed by atoms with E-state index in [1.54, 1.807) is 14.2 Å². The number of carbonyl (C=O) groups excluding carboxylic acids is 1. The molecule has 1 aromatic rings. The predicted octanol–water partition coefficient (Wildman–Crippen LogP) is 3.01. The summed E-state index contributed by atoms with van der Waals surface area (Å²) in [6.07, 6.45) is 4.96. The summed E-state index contributed by atoms with van der Waals surface area (Å²) in [6, 6.07) is 7.78. The van der Waals surface area contributed by atoms with Crippen molar-refractivity contribution < 1.29 is 14.3 Å². The molecule has 0 aromatic heterocycles. The zero-order valence-corrected chi connectivity index (χ0v) is 19.2. The smallest absolute Gasteiger partial charge is 0.223 e. The van der Waals surface area contributed by atoms with Crippen molar-refractivity contribution in [3.63, 3.8) is 0 Å². The number of nitrogens with one attached hydrogen (secondary N) is 3. The molecule has 1 saturated carbocycles. The van der Waals surface area contributed by atoms with Crippen LogP contribution < -0.4 is 20.7 Å². The zero-order valence-electron chi connectivity index (χ0n) is 16.8. The molecule has 1 amide bonds. The number of guanidine groups is 1. The van der Waals surface area contributed by atoms with Gasteiger partial charge in [-0.15, -0.1) is 24.0 Å². The average Bonchev–Trinajstić information content (AvgIpc) is 2.63. The topological polar surface area (TPSA) is 84.0 Å². The molecule has 0 bridgehead atoms. The second-order valence-electron chi connectivity index (χ2n) is 6.62. The molecule has 0 saturated heterocycles. The van der Waals surface area contributed by atoms with E-state index in [1.165, 1.54) is 6.42 Å². The lowest BCUT2D eigenvalue weighted by molar-refractivity contribution is -0.127. The number of methoxy groups -OCH3 is 1. The van der Waals surface area contributed by atoms with Crippen LogP contribution in [0.5, 0.6) is 5.75 Å². The van der Waals surface area contributed by atoms with Crippen LogP contribution in [0.25, 0.3) is 0 Å². The molecule has 0 atom stereocenters. The third-order valence-electron chi connectivity index (χ3n) is 4.50. The maximum Gasteiger partial charge on any atom is 0.223 e. The fourth-order valence-electron chi connectivity index (χ4n) is 2.69. The van der Waals surface area contributed by atoms with Gasteiger partial charge in [0.15, 0.2) is 5.96 Å². The summed E-state index contributed by atoms with van der Waals surface area (Å²) < 4.78 is 10.7. The van der Waals surface area contributed by atoms with E-state index in [-0.39, 0.29) is 35.8 Å². The quantitative estimate of drug-likeness (QED) is 0.187. The Bertz CT molecular complexity index is 609. The van der Waals surface area contributed by atoms with E-state index < -0.39 is 0 Å². The molecule has 1 aliphatic rings. The first-order valence-electron chi connectivity index (χ1n) is 9.70. The van der Waals surface area contributed by atoms with E-state index >= 15 is 0 Å². The number of amides is 1. The number of carbonyl (C=O) groups is 1. The normalized spacial score (nSPS) is 13.9. The second-order valence-corrected chi connectivity index (χ2v) is 6.62. The molecule has 3 N–H and O–H groups in total. The van der Waals surface area contributed by atoms with Gasteiger partial charge in [0.25, 0.3) is 0 Å². The van der Waals surface area contributed by atoms with Crippen LogP contribution in [0, 0.1) is 5.92 Å². The highest BCUT2D eigenvalue weighted by atomic mass is 127. The van der Waals surface area contributed by atoms with E-state index in [9.17, 15) is 4.79 Å². The predicted molar refractivity (Wildman–Crippen MR) is 124 cm³/mol. The molecule has 7 nitrogen and oxygen atoms in total. The fraction of sp³-hybridized carbons (Fsp3) is 0.600. The third-order valence-corrected chi connectivity index (χ3v) is 4.50. The zero-order chi connectivity index (χ0) is 19.3. The molecule has 2 rings (SSSR count). The van der Waals surface area contributed by atoms with Crippen LogP contribution in [0.1, 0.15) is 32.1 Å². The van der Waals surface area contributed by atoms with Gasteiger partial charge in [0, 0.05) is 57.9 Å². The van der Waals surface area contributed by atoms with Crippen LogP contribution in [0.2, 0.25) is 0 Å². The summed E-state index contributed by atoms with van der Waals surface area (Å²) in [6.45, 7) is 2.73. The van der Waals surface area contributed by atoms with Crippen molar-refractivity contribution in [2.24, 2.45) is 10.9 Å². The summed E-state index contributed by atoms with van der Waals surface area (Å²) in [5.74, 6) is 1.95. The van der Waals surface area contributed by atoms with Gasteiger partial charge in [0.2, 0.25) is 5.91 Å². The Morgan fingerprint density at radius 1 is 1.18 bits per heavy atom. The van der Waals surface area contributed by atoms with Crippen LogP contribution in [-0.2, 0) is 9.53 Å². The minimum absolute atomic E-state index is 0. The summed E-state index contributed by atoms with van der Waals surface area (Å²) in [5.41, 5.74) is 0.908. The van der Waals surface area contributed by atoms with Crippen molar-refractivity contribution >= 4 is 41.5 Å². The molecule has 28 heavy (non-hydrogen) atoms. The lowest BCUT2D eigenvalue weighted by Crippen LogP contribution is -2.37. The van der Waals surface area contributed by atoms with E-state index in [4.69, 9.17) is 9.47 Å². The Kier molecular flexibility index (Phi) is 12.6. The molecule has 0 unspecified atom stereocenters. The Morgan fingerprint density at radius 2 is 1.96 bits per heavy atom. The number of hydrogen-bond donors (Lipinski definition) is 3. The molecule has 0 aliphatic heterocycles. The number of halogens is 1. The maximum atomic E-state index is 11.8. The molecule has 0 spiro atoms. The van der Waals surface area contributed by atoms with Crippen molar-refractivity contribution in [2.75, 3.05) is 45.8 Å². The maximum absolute atomic E-state index is 11.8. The van der Waals surface area contributed by atoms with Gasteiger partial charge in [-0.1, -0.05) is 12.5 Å². The van der Waals surface area contributed by atoms with Gasteiger partial charge in [-0.05, 0) is 31.4 Å². The van der Waals surface area contributed by atoms with Gasteiger partial charge in [0.05, 0.1) is 6.61 Å². The molecular formula is C20H33IN4O3. The van der Waals surface area contributed by atoms with Crippen molar-refractivity contribution in [1.29, 1.82) is 0 Å². The molecule has 1 aromatic carbocycles. The largest absolute Gasteiger partial charge is 0.493 e. The highest BCUT2D eigenvalue weighted by Crippen LogP contribution is 2.26. The minimum Gasteiger partial charge on any atom is -0.493 e. The summed E-state index contributed by atoms with van der Waals surface area (Å²) in [5, 5.41) is 9.51. The van der Waals surface area contributed by atoms with Gasteiger partial charge < -0.3 is 25.4 Å². The molecule has 0 heterocycles. The number of hydrogen-bond acceptors (Lipinski definition) is 4. The lowest BCUT2D eigenvalue weighted by atomic mass is 9.85. The monoisotopic (exact) mass is 504 g/mol. The van der Waals surface area contributed by atoms with E-state index in [2.05, 4.69) is 20.9 Å². The number of rotatable bonds is 11. The second kappa shape index (κ2) is 14.4. The number of aliphatic imine (C=N–C) groups is 1. The summed E-state index contributed by atoms with van der Waals surface area (Å²) in [4.78, 5) is 16.0. The molecule has 8 heteroatoms. The van der Waals surface area contributed by atoms with Gasteiger partial charge >= 0.3 is 0 Å². The first-order chi connectivity index (χ1) is 13.2. The van der Waals surface area contributed by atoms with Crippen molar-refractivity contribution in [1.82, 2.24) is 10.6 Å². The van der Waals surface area contributed by atoms with Crippen molar-refractivity contribution in [3.05, 3.63) is 24.3 Å². The summed E-state index contributed by atoms with van der Waals surface area (Å²) in [7, 11) is 3.42. The van der Waals surface area contributed by atoms with Gasteiger partial charge in [-0.2, -0.15) is 0 Å². The van der Waals surface area contributed by atoms with Gasteiger partial charge in [0.1, 0.15) is 5.75 Å². The standard InChI is InChI=1S/C20H32N4O3.HI/c1-21-20(23-12-5-11-22-19(25)16-7-3-8-16)24-17-9-4-10-18(15-17)27-14-6-13-26-2;/h4,9-10,15-16H,3,5-8,11-14H2,1-2H3,(H,22,25)(H2,21,23,24);1H. The van der Waals surface area contributed by atoms with Crippen LogP contribution >= 0.6 is 24.0 Å². The van der Waals surface area contributed by atoms with Crippen LogP contribution in [0.4, 0.5) is 5.69 Å². The Labute approximate surface area is 185 Å². The minimum atomic E-state index is 0. The highest BCUT2D eigenvalue weighted by molar-refractivity contribution is 14.0. The van der Waals surface area contributed by atoms with Crippen LogP contribution in [0.3, 0.4) is 0 Å². The summed E-state index contributed by atoms with van der Waals surface area (Å²) >= 11 is 0. The third kappa shape index (κ3) is 9.09. The first kappa shape index (κ1) is 24.5. The van der Waals surface area contributed by atoms with Crippen LogP contribution in [-0.4, -0.2) is 52.3 Å². The Balaban J connectivity index is 0.00000392. The average molecular weight is 504 g/mol. The highest BCUT2D eigenvalue weighted by Gasteiger charge is 2.24. The van der Waals surface area contributed by atoms with Crippen LogP contribution in [0.15, 0.2) is 29.3 Å². The number of nitrogens with zero attached hydrogens (tertiary/aromatic N) is 1. The molecule has 1 aliphatic carbocycles. The first-order valence-corrected chi connectivity index (χ1v) is 9.70. The number of ether oxygens (including phenoxy) is 2. The van der Waals surface area contributed by atoms with E-state index in [0.717, 1.165) is 43.7 Å².